The van der Waals surface area contributed by atoms with E-state index in [4.69, 9.17) is 16.3 Å². The second-order valence-corrected chi connectivity index (χ2v) is 5.20. The number of rotatable bonds is 2. The molecular formula is C16H17ClN2O. The monoisotopic (exact) mass is 288 g/mol. The minimum absolute atomic E-state index is 0.502. The maximum atomic E-state index is 5.97. The summed E-state index contributed by atoms with van der Waals surface area (Å²) in [6.45, 7) is 3.64. The summed E-state index contributed by atoms with van der Waals surface area (Å²) in [5, 5.41) is 0. The van der Waals surface area contributed by atoms with Gasteiger partial charge in [-0.25, -0.2) is 4.98 Å². The quantitative estimate of drug-likeness (QED) is 0.780. The first-order valence-electron chi connectivity index (χ1n) is 6.81. The van der Waals surface area contributed by atoms with E-state index >= 15 is 0 Å². The molecule has 0 fully saturated rings. The molecule has 0 saturated heterocycles. The van der Waals surface area contributed by atoms with Gasteiger partial charge in [0.1, 0.15) is 11.6 Å². The minimum Gasteiger partial charge on any atom is -0.491 e. The molecule has 0 N–H and O–H groups in total. The Balaban J connectivity index is 2.07. The van der Waals surface area contributed by atoms with Crippen molar-refractivity contribution in [1.29, 1.82) is 0 Å². The highest BCUT2D eigenvalue weighted by atomic mass is 35.5. The number of alkyl halides is 1. The molecule has 2 aromatic rings. The number of benzene rings is 1. The van der Waals surface area contributed by atoms with Crippen LogP contribution in [0.4, 0.5) is 11.5 Å². The fourth-order valence-corrected chi connectivity index (χ4v) is 2.66. The van der Waals surface area contributed by atoms with Gasteiger partial charge in [-0.15, -0.1) is 11.6 Å². The number of ether oxygens (including phenoxy) is 1. The number of pyridine rings is 1. The third-order valence-corrected chi connectivity index (χ3v) is 3.68. The molecule has 1 aromatic heterocycles. The Hall–Kier alpha value is -1.74. The highest BCUT2D eigenvalue weighted by Gasteiger charge is 2.18. The van der Waals surface area contributed by atoms with Crippen molar-refractivity contribution in [2.75, 3.05) is 18.1 Å². The molecule has 0 atom stereocenters. The average molecular weight is 289 g/mol. The Morgan fingerprint density at radius 3 is 3.00 bits per heavy atom. The Labute approximate surface area is 124 Å². The normalized spacial score (nSPS) is 14.4. The van der Waals surface area contributed by atoms with Gasteiger partial charge in [-0.3, -0.25) is 0 Å². The third-order valence-electron chi connectivity index (χ3n) is 3.37. The van der Waals surface area contributed by atoms with E-state index in [1.165, 1.54) is 0 Å². The van der Waals surface area contributed by atoms with E-state index in [1.54, 1.807) is 0 Å². The lowest BCUT2D eigenvalue weighted by Crippen LogP contribution is -2.19. The van der Waals surface area contributed by atoms with Crippen LogP contribution in [0, 0.1) is 6.92 Å². The summed E-state index contributed by atoms with van der Waals surface area (Å²) in [5.74, 6) is 2.36. The molecule has 0 saturated carbocycles. The maximum absolute atomic E-state index is 5.97. The van der Waals surface area contributed by atoms with Crippen molar-refractivity contribution in [3.63, 3.8) is 0 Å². The van der Waals surface area contributed by atoms with E-state index < -0.39 is 0 Å². The Bertz CT molecular complexity index is 615. The zero-order chi connectivity index (χ0) is 13.9. The van der Waals surface area contributed by atoms with Crippen LogP contribution in [0.3, 0.4) is 0 Å². The first-order chi connectivity index (χ1) is 9.78. The van der Waals surface area contributed by atoms with Gasteiger partial charge in [-0.1, -0.05) is 12.1 Å². The molecule has 0 bridgehead atoms. The van der Waals surface area contributed by atoms with Crippen LogP contribution in [0.2, 0.25) is 0 Å². The zero-order valence-corrected chi connectivity index (χ0v) is 12.2. The predicted molar refractivity (Wildman–Crippen MR) is 82.1 cm³/mol. The van der Waals surface area contributed by atoms with Crippen molar-refractivity contribution in [3.8, 4) is 5.75 Å². The lowest BCUT2D eigenvalue weighted by atomic mass is 10.2. The highest BCUT2D eigenvalue weighted by Crippen LogP contribution is 2.35. The zero-order valence-electron chi connectivity index (χ0n) is 11.5. The molecule has 0 amide bonds. The van der Waals surface area contributed by atoms with Crippen LogP contribution in [0.5, 0.6) is 5.75 Å². The van der Waals surface area contributed by atoms with Crippen molar-refractivity contribution in [2.24, 2.45) is 0 Å². The van der Waals surface area contributed by atoms with Crippen molar-refractivity contribution in [1.82, 2.24) is 4.98 Å². The third kappa shape index (κ3) is 2.59. The van der Waals surface area contributed by atoms with Gasteiger partial charge in [0.15, 0.2) is 0 Å². The van der Waals surface area contributed by atoms with Crippen LogP contribution >= 0.6 is 11.6 Å². The Kier molecular flexibility index (Phi) is 3.79. The molecule has 2 heterocycles. The molecular weight excluding hydrogens is 272 g/mol. The molecule has 1 aromatic carbocycles. The number of anilines is 2. The number of halogens is 1. The summed E-state index contributed by atoms with van der Waals surface area (Å²) < 4.78 is 5.79. The molecule has 0 spiro atoms. The number of aromatic nitrogens is 1. The first-order valence-corrected chi connectivity index (χ1v) is 7.34. The van der Waals surface area contributed by atoms with Gasteiger partial charge in [0.25, 0.3) is 0 Å². The van der Waals surface area contributed by atoms with E-state index in [-0.39, 0.29) is 0 Å². The minimum atomic E-state index is 0.502. The molecule has 0 unspecified atom stereocenters. The van der Waals surface area contributed by atoms with E-state index in [0.717, 1.165) is 48.1 Å². The summed E-state index contributed by atoms with van der Waals surface area (Å²) in [4.78, 5) is 6.87. The highest BCUT2D eigenvalue weighted by molar-refractivity contribution is 6.17. The second kappa shape index (κ2) is 5.71. The summed E-state index contributed by atoms with van der Waals surface area (Å²) in [5.41, 5.74) is 3.15. The molecule has 3 rings (SSSR count). The largest absolute Gasteiger partial charge is 0.491 e. The van der Waals surface area contributed by atoms with Crippen LogP contribution in [-0.2, 0) is 5.88 Å². The lowest BCUT2D eigenvalue weighted by molar-refractivity contribution is 0.322. The number of para-hydroxylation sites is 2. The van der Waals surface area contributed by atoms with Gasteiger partial charge in [-0.05, 0) is 43.2 Å². The Morgan fingerprint density at radius 1 is 1.30 bits per heavy atom. The van der Waals surface area contributed by atoms with Gasteiger partial charge in [0, 0.05) is 18.1 Å². The van der Waals surface area contributed by atoms with E-state index in [9.17, 15) is 0 Å². The predicted octanol–water partition coefficient (Wildman–Crippen LogP) is 4.05. The molecule has 0 radical (unpaired) electrons. The van der Waals surface area contributed by atoms with Crippen molar-refractivity contribution in [2.45, 2.75) is 19.2 Å². The van der Waals surface area contributed by atoms with Gasteiger partial charge in [-0.2, -0.15) is 0 Å². The molecule has 3 nitrogen and oxygen atoms in total. The van der Waals surface area contributed by atoms with Crippen LogP contribution in [-0.4, -0.2) is 18.1 Å². The smallest absolute Gasteiger partial charge is 0.142 e. The summed E-state index contributed by atoms with van der Waals surface area (Å²) in [6.07, 6.45) is 0.973. The van der Waals surface area contributed by atoms with E-state index in [1.807, 2.05) is 31.2 Å². The molecule has 104 valence electrons. The summed E-state index contributed by atoms with van der Waals surface area (Å²) in [7, 11) is 0. The lowest BCUT2D eigenvalue weighted by Gasteiger charge is -2.23. The van der Waals surface area contributed by atoms with Crippen molar-refractivity contribution in [3.05, 3.63) is 47.7 Å². The first kappa shape index (κ1) is 13.3. The maximum Gasteiger partial charge on any atom is 0.142 e. The van der Waals surface area contributed by atoms with Gasteiger partial charge < -0.3 is 9.64 Å². The van der Waals surface area contributed by atoms with Crippen LogP contribution in [0.1, 0.15) is 17.7 Å². The molecule has 1 aliphatic heterocycles. The fourth-order valence-electron chi connectivity index (χ4n) is 2.50. The van der Waals surface area contributed by atoms with Gasteiger partial charge in [0.2, 0.25) is 0 Å². The van der Waals surface area contributed by atoms with Gasteiger partial charge >= 0.3 is 0 Å². The summed E-state index contributed by atoms with van der Waals surface area (Å²) >= 11 is 5.97. The van der Waals surface area contributed by atoms with Crippen molar-refractivity contribution >= 4 is 23.1 Å². The van der Waals surface area contributed by atoms with E-state index in [0.29, 0.717) is 5.88 Å². The van der Waals surface area contributed by atoms with Gasteiger partial charge in [0.05, 0.1) is 12.3 Å². The standard InChI is InChI=1S/C16H17ClN2O/c1-12-9-13(11-17)10-16(18-12)19-7-4-8-20-15-6-3-2-5-14(15)19/h2-3,5-6,9-10H,4,7-8,11H2,1H3. The molecule has 20 heavy (non-hydrogen) atoms. The number of hydrogen-bond donors (Lipinski definition) is 0. The number of hydrogen-bond acceptors (Lipinski definition) is 3. The topological polar surface area (TPSA) is 25.4 Å². The number of aryl methyl sites for hydroxylation is 1. The fraction of sp³-hybridized carbons (Fsp3) is 0.312. The Morgan fingerprint density at radius 2 is 2.15 bits per heavy atom. The number of fused-ring (bicyclic) bond motifs is 1. The molecule has 0 aliphatic carbocycles. The number of nitrogens with zero attached hydrogens (tertiary/aromatic N) is 2. The molecule has 1 aliphatic rings. The van der Waals surface area contributed by atoms with Crippen LogP contribution in [0.25, 0.3) is 0 Å². The van der Waals surface area contributed by atoms with E-state index in [2.05, 4.69) is 22.0 Å². The average Bonchev–Trinajstić information content (AvgIpc) is 2.69. The molecule has 4 heteroatoms. The van der Waals surface area contributed by atoms with Crippen LogP contribution in [0.15, 0.2) is 36.4 Å². The van der Waals surface area contributed by atoms with Crippen molar-refractivity contribution < 1.29 is 4.74 Å². The van der Waals surface area contributed by atoms with Crippen LogP contribution < -0.4 is 9.64 Å². The second-order valence-electron chi connectivity index (χ2n) is 4.93. The SMILES string of the molecule is Cc1cc(CCl)cc(N2CCCOc3ccccc32)n1. The summed E-state index contributed by atoms with van der Waals surface area (Å²) in [6, 6.07) is 12.2.